The third-order valence-corrected chi connectivity index (χ3v) is 5.06. The highest BCUT2D eigenvalue weighted by Gasteiger charge is 2.29. The fourth-order valence-corrected chi connectivity index (χ4v) is 3.81. The SMILES string of the molecule is C[C@H]1C[C@H](C)CN(C(=O)[C@@H](C)Oc2ccc(C(=O)c3ccc(F)cc3)cc2)C1. The van der Waals surface area contributed by atoms with Crippen molar-refractivity contribution < 1.29 is 18.7 Å². The van der Waals surface area contributed by atoms with Gasteiger partial charge in [0.05, 0.1) is 0 Å². The van der Waals surface area contributed by atoms with Gasteiger partial charge in [-0.25, -0.2) is 4.39 Å². The van der Waals surface area contributed by atoms with Crippen LogP contribution in [0.25, 0.3) is 0 Å². The van der Waals surface area contributed by atoms with Gasteiger partial charge in [-0.2, -0.15) is 0 Å². The van der Waals surface area contributed by atoms with Crippen LogP contribution in [0.4, 0.5) is 4.39 Å². The van der Waals surface area contributed by atoms with Crippen molar-refractivity contribution in [2.24, 2.45) is 11.8 Å². The van der Waals surface area contributed by atoms with Gasteiger partial charge in [-0.15, -0.1) is 0 Å². The van der Waals surface area contributed by atoms with Gasteiger partial charge in [-0.05, 0) is 73.7 Å². The molecule has 3 rings (SSSR count). The molecule has 0 spiro atoms. The van der Waals surface area contributed by atoms with Gasteiger partial charge in [0.15, 0.2) is 11.9 Å². The van der Waals surface area contributed by atoms with E-state index < -0.39 is 6.10 Å². The molecule has 0 saturated carbocycles. The van der Waals surface area contributed by atoms with Crippen LogP contribution < -0.4 is 4.74 Å². The normalized spacial score (nSPS) is 20.5. The summed E-state index contributed by atoms with van der Waals surface area (Å²) in [6, 6.07) is 12.1. The molecule has 0 bridgehead atoms. The van der Waals surface area contributed by atoms with E-state index in [-0.39, 0.29) is 17.5 Å². The number of benzene rings is 2. The van der Waals surface area contributed by atoms with Crippen LogP contribution in [0.15, 0.2) is 48.5 Å². The third kappa shape index (κ3) is 4.77. The van der Waals surface area contributed by atoms with E-state index in [1.807, 2.05) is 4.90 Å². The van der Waals surface area contributed by atoms with Gasteiger partial charge in [0.1, 0.15) is 11.6 Å². The van der Waals surface area contributed by atoms with Crippen molar-refractivity contribution in [2.45, 2.75) is 33.3 Å². The second-order valence-electron chi connectivity index (χ2n) is 7.81. The molecule has 0 aliphatic carbocycles. The van der Waals surface area contributed by atoms with E-state index >= 15 is 0 Å². The van der Waals surface area contributed by atoms with E-state index in [0.717, 1.165) is 19.5 Å². The van der Waals surface area contributed by atoms with E-state index in [2.05, 4.69) is 13.8 Å². The molecule has 28 heavy (non-hydrogen) atoms. The minimum atomic E-state index is -0.587. The molecular weight excluding hydrogens is 357 g/mol. The molecule has 0 aromatic heterocycles. The Bertz CT molecular complexity index is 822. The van der Waals surface area contributed by atoms with Crippen LogP contribution in [0.1, 0.15) is 43.1 Å². The molecule has 3 atom stereocenters. The number of hydrogen-bond donors (Lipinski definition) is 0. The number of likely N-dealkylation sites (tertiary alicyclic amines) is 1. The molecule has 1 fully saturated rings. The summed E-state index contributed by atoms with van der Waals surface area (Å²) < 4.78 is 18.8. The molecule has 1 aliphatic rings. The Morgan fingerprint density at radius 2 is 1.46 bits per heavy atom. The molecule has 1 amide bonds. The third-order valence-electron chi connectivity index (χ3n) is 5.06. The molecule has 0 N–H and O–H groups in total. The fourth-order valence-electron chi connectivity index (χ4n) is 3.81. The van der Waals surface area contributed by atoms with Crippen LogP contribution in [-0.4, -0.2) is 35.8 Å². The highest BCUT2D eigenvalue weighted by molar-refractivity contribution is 6.09. The Hall–Kier alpha value is -2.69. The lowest BCUT2D eigenvalue weighted by Crippen LogP contribution is -2.47. The van der Waals surface area contributed by atoms with Crippen LogP contribution in [0.2, 0.25) is 0 Å². The minimum absolute atomic E-state index is 0.00938. The first kappa shape index (κ1) is 20.1. The summed E-state index contributed by atoms with van der Waals surface area (Å²) in [6.45, 7) is 7.62. The van der Waals surface area contributed by atoms with Gasteiger partial charge in [0.2, 0.25) is 0 Å². The van der Waals surface area contributed by atoms with Crippen LogP contribution in [0.3, 0.4) is 0 Å². The largest absolute Gasteiger partial charge is 0.481 e. The fraction of sp³-hybridized carbons (Fsp3) is 0.391. The van der Waals surface area contributed by atoms with Crippen LogP contribution in [-0.2, 0) is 4.79 Å². The Balaban J connectivity index is 1.62. The first-order chi connectivity index (χ1) is 13.3. The summed E-state index contributed by atoms with van der Waals surface area (Å²) in [5.74, 6) is 0.955. The smallest absolute Gasteiger partial charge is 0.263 e. The molecule has 1 heterocycles. The van der Waals surface area contributed by atoms with Gasteiger partial charge in [-0.3, -0.25) is 9.59 Å². The summed E-state index contributed by atoms with van der Waals surface area (Å²) in [5.41, 5.74) is 0.906. The highest BCUT2D eigenvalue weighted by Crippen LogP contribution is 2.23. The number of hydrogen-bond acceptors (Lipinski definition) is 3. The summed E-state index contributed by atoms with van der Waals surface area (Å²) >= 11 is 0. The number of carbonyl (C=O) groups excluding carboxylic acids is 2. The maximum atomic E-state index is 13.0. The van der Waals surface area contributed by atoms with E-state index in [9.17, 15) is 14.0 Å². The maximum absolute atomic E-state index is 13.0. The van der Waals surface area contributed by atoms with E-state index in [1.54, 1.807) is 31.2 Å². The average Bonchev–Trinajstić information content (AvgIpc) is 2.67. The Labute approximate surface area is 165 Å². The number of rotatable bonds is 5. The average molecular weight is 383 g/mol. The summed E-state index contributed by atoms with van der Waals surface area (Å²) in [4.78, 5) is 27.0. The number of ketones is 1. The number of amides is 1. The highest BCUT2D eigenvalue weighted by atomic mass is 19.1. The van der Waals surface area contributed by atoms with Crippen molar-refractivity contribution in [3.8, 4) is 5.75 Å². The molecule has 0 unspecified atom stereocenters. The Morgan fingerprint density at radius 3 is 2.00 bits per heavy atom. The second-order valence-corrected chi connectivity index (χ2v) is 7.81. The van der Waals surface area contributed by atoms with Gasteiger partial charge < -0.3 is 9.64 Å². The maximum Gasteiger partial charge on any atom is 0.263 e. The van der Waals surface area contributed by atoms with Crippen molar-refractivity contribution in [1.82, 2.24) is 4.90 Å². The van der Waals surface area contributed by atoms with Gasteiger partial charge in [0.25, 0.3) is 5.91 Å². The molecule has 4 nitrogen and oxygen atoms in total. The minimum Gasteiger partial charge on any atom is -0.481 e. The van der Waals surface area contributed by atoms with Crippen molar-refractivity contribution in [2.75, 3.05) is 13.1 Å². The Kier molecular flexibility index (Phi) is 6.12. The molecular formula is C23H26FNO3. The molecule has 5 heteroatoms. The van der Waals surface area contributed by atoms with E-state index in [4.69, 9.17) is 4.74 Å². The number of nitrogens with zero attached hydrogens (tertiary/aromatic N) is 1. The van der Waals surface area contributed by atoms with Crippen molar-refractivity contribution >= 4 is 11.7 Å². The second kappa shape index (κ2) is 8.55. The lowest BCUT2D eigenvalue weighted by Gasteiger charge is -2.36. The van der Waals surface area contributed by atoms with E-state index in [0.29, 0.717) is 28.7 Å². The number of piperidine rings is 1. The zero-order valence-electron chi connectivity index (χ0n) is 16.5. The van der Waals surface area contributed by atoms with Crippen LogP contribution in [0, 0.1) is 17.7 Å². The lowest BCUT2D eigenvalue weighted by molar-refractivity contribution is -0.140. The quantitative estimate of drug-likeness (QED) is 0.722. The van der Waals surface area contributed by atoms with Crippen molar-refractivity contribution in [3.05, 3.63) is 65.5 Å². The zero-order chi connectivity index (χ0) is 20.3. The number of carbonyl (C=O) groups is 2. The monoisotopic (exact) mass is 383 g/mol. The first-order valence-corrected chi connectivity index (χ1v) is 9.69. The van der Waals surface area contributed by atoms with Gasteiger partial charge >= 0.3 is 0 Å². The first-order valence-electron chi connectivity index (χ1n) is 9.69. The van der Waals surface area contributed by atoms with Crippen molar-refractivity contribution in [1.29, 1.82) is 0 Å². The number of ether oxygens (including phenoxy) is 1. The molecule has 148 valence electrons. The zero-order valence-corrected chi connectivity index (χ0v) is 16.5. The molecule has 0 radical (unpaired) electrons. The van der Waals surface area contributed by atoms with Gasteiger partial charge in [-0.1, -0.05) is 13.8 Å². The summed E-state index contributed by atoms with van der Waals surface area (Å²) in [5, 5.41) is 0. The Morgan fingerprint density at radius 1 is 0.964 bits per heavy atom. The summed E-state index contributed by atoms with van der Waals surface area (Å²) in [7, 11) is 0. The molecule has 1 aliphatic heterocycles. The van der Waals surface area contributed by atoms with Crippen LogP contribution in [0.5, 0.6) is 5.75 Å². The molecule has 1 saturated heterocycles. The lowest BCUT2D eigenvalue weighted by atomic mass is 9.91. The topological polar surface area (TPSA) is 46.6 Å². The predicted molar refractivity (Wildman–Crippen MR) is 106 cm³/mol. The molecule has 2 aromatic rings. The standard InChI is InChI=1S/C23H26FNO3/c1-15-12-16(2)14-25(13-15)23(27)17(3)28-21-10-6-19(7-11-21)22(26)18-4-8-20(24)9-5-18/h4-11,15-17H,12-14H2,1-3H3/t15-,16-,17+/m0/s1. The molecule has 2 aromatic carbocycles. The summed E-state index contributed by atoms with van der Waals surface area (Å²) in [6.07, 6.45) is 0.555. The van der Waals surface area contributed by atoms with Gasteiger partial charge in [0, 0.05) is 24.2 Å². The van der Waals surface area contributed by atoms with Crippen LogP contribution >= 0.6 is 0 Å². The predicted octanol–water partition coefficient (Wildman–Crippen LogP) is 4.33. The van der Waals surface area contributed by atoms with Crippen molar-refractivity contribution in [3.63, 3.8) is 0 Å². The number of halogens is 1. The van der Waals surface area contributed by atoms with E-state index in [1.165, 1.54) is 24.3 Å².